The van der Waals surface area contributed by atoms with Crippen LogP contribution >= 0.6 is 34.4 Å². The van der Waals surface area contributed by atoms with Crippen molar-refractivity contribution in [3.05, 3.63) is 69.3 Å². The molecule has 0 spiro atoms. The molecule has 0 fully saturated rings. The second kappa shape index (κ2) is 7.52. The Hall–Kier alpha value is -2.30. The van der Waals surface area contributed by atoms with Gasteiger partial charge in [-0.1, -0.05) is 35.2 Å². The van der Waals surface area contributed by atoms with Crippen molar-refractivity contribution < 1.29 is 4.39 Å². The number of nitrogens with zero attached hydrogens (tertiary/aromatic N) is 4. The van der Waals surface area contributed by atoms with E-state index in [1.54, 1.807) is 24.4 Å². The third kappa shape index (κ3) is 3.92. The van der Waals surface area contributed by atoms with E-state index in [1.807, 2.05) is 5.38 Å². The van der Waals surface area contributed by atoms with Crippen LogP contribution in [0.4, 0.5) is 9.52 Å². The summed E-state index contributed by atoms with van der Waals surface area (Å²) >= 11 is 4.35. The van der Waals surface area contributed by atoms with E-state index in [2.05, 4.69) is 20.5 Å². The van der Waals surface area contributed by atoms with Crippen LogP contribution in [0.3, 0.4) is 0 Å². The van der Waals surface area contributed by atoms with Crippen molar-refractivity contribution in [2.75, 3.05) is 5.32 Å². The Balaban J connectivity index is 1.37. The number of benzene rings is 1. The van der Waals surface area contributed by atoms with Gasteiger partial charge in [0.05, 0.1) is 5.69 Å². The molecular weight excluding hydrogens is 393 g/mol. The van der Waals surface area contributed by atoms with Crippen LogP contribution in [0.15, 0.2) is 51.0 Å². The highest BCUT2D eigenvalue weighted by molar-refractivity contribution is 8.00. The number of rotatable bonds is 6. The summed E-state index contributed by atoms with van der Waals surface area (Å²) in [6.45, 7) is 0.549. The fraction of sp³-hybridized carbons (Fsp3) is 0.125. The maximum absolute atomic E-state index is 12.9. The minimum Gasteiger partial charge on any atom is -0.356 e. The summed E-state index contributed by atoms with van der Waals surface area (Å²) in [6.07, 6.45) is 1.72. The molecule has 4 rings (SSSR count). The molecular formula is C16H12FN5OS3. The molecule has 0 unspecified atom stereocenters. The van der Waals surface area contributed by atoms with Gasteiger partial charge in [-0.25, -0.2) is 9.37 Å². The first-order chi connectivity index (χ1) is 12.7. The number of anilines is 1. The summed E-state index contributed by atoms with van der Waals surface area (Å²) in [7, 11) is 0. The van der Waals surface area contributed by atoms with Crippen molar-refractivity contribution >= 4 is 44.5 Å². The van der Waals surface area contributed by atoms with Gasteiger partial charge in [-0.2, -0.15) is 0 Å². The molecule has 0 aliphatic heterocycles. The molecule has 1 aromatic carbocycles. The van der Waals surface area contributed by atoms with Crippen molar-refractivity contribution in [1.82, 2.24) is 19.6 Å². The molecule has 0 atom stereocenters. The minimum absolute atomic E-state index is 0.0780. The molecule has 3 heterocycles. The van der Waals surface area contributed by atoms with Gasteiger partial charge >= 0.3 is 0 Å². The number of fused-ring (bicyclic) bond motifs is 1. The van der Waals surface area contributed by atoms with Crippen LogP contribution in [-0.2, 0) is 12.3 Å². The lowest BCUT2D eigenvalue weighted by atomic mass is 10.2. The molecule has 0 aliphatic carbocycles. The minimum atomic E-state index is -0.252. The third-order valence-corrected chi connectivity index (χ3v) is 6.27. The molecule has 0 saturated heterocycles. The molecule has 26 heavy (non-hydrogen) atoms. The summed E-state index contributed by atoms with van der Waals surface area (Å²) in [4.78, 5) is 17.1. The highest BCUT2D eigenvalue weighted by Gasteiger charge is 2.08. The van der Waals surface area contributed by atoms with Crippen LogP contribution in [-0.4, -0.2) is 19.6 Å². The summed E-state index contributed by atoms with van der Waals surface area (Å²) < 4.78 is 15.2. The number of halogens is 1. The average molecular weight is 406 g/mol. The summed E-state index contributed by atoms with van der Waals surface area (Å²) in [5.41, 5.74) is 1.61. The monoisotopic (exact) mass is 405 g/mol. The van der Waals surface area contributed by atoms with E-state index < -0.39 is 0 Å². The lowest BCUT2D eigenvalue weighted by Gasteiger charge is -2.01. The maximum atomic E-state index is 12.9. The summed E-state index contributed by atoms with van der Waals surface area (Å²) in [6, 6.07) is 7.85. The van der Waals surface area contributed by atoms with Crippen molar-refractivity contribution in [1.29, 1.82) is 0 Å². The van der Waals surface area contributed by atoms with Gasteiger partial charge in [0.25, 0.3) is 5.56 Å². The van der Waals surface area contributed by atoms with Crippen molar-refractivity contribution in [2.24, 2.45) is 0 Å². The first-order valence-electron chi connectivity index (χ1n) is 7.58. The Morgan fingerprint density at radius 2 is 2.08 bits per heavy atom. The van der Waals surface area contributed by atoms with Gasteiger partial charge in [0.15, 0.2) is 9.30 Å². The van der Waals surface area contributed by atoms with E-state index in [0.717, 1.165) is 15.6 Å². The topological polar surface area (TPSA) is 72.2 Å². The Labute approximate surface area is 159 Å². The van der Waals surface area contributed by atoms with Crippen LogP contribution < -0.4 is 10.9 Å². The number of nitrogens with one attached hydrogen (secondary N) is 1. The van der Waals surface area contributed by atoms with Crippen LogP contribution in [0, 0.1) is 5.82 Å². The van der Waals surface area contributed by atoms with Gasteiger partial charge in [0, 0.05) is 29.9 Å². The maximum Gasteiger partial charge on any atom is 0.258 e. The fourth-order valence-corrected chi connectivity index (χ4v) is 4.60. The standard InChI is InChI=1S/C16H12FN5OS3/c17-11-3-1-10(2-4-11)8-18-14-20-21-16(26-14)25-9-12-7-13(23)22-5-6-24-15(22)19-12/h1-7H,8-9H2,(H,18,20). The van der Waals surface area contributed by atoms with E-state index in [1.165, 1.54) is 51.0 Å². The molecule has 3 aromatic heterocycles. The Morgan fingerprint density at radius 3 is 2.92 bits per heavy atom. The number of thioether (sulfide) groups is 1. The van der Waals surface area contributed by atoms with E-state index in [9.17, 15) is 9.18 Å². The number of hydrogen-bond donors (Lipinski definition) is 1. The average Bonchev–Trinajstić information content (AvgIpc) is 3.29. The Bertz CT molecular complexity index is 1090. The van der Waals surface area contributed by atoms with Crippen LogP contribution in [0.25, 0.3) is 4.96 Å². The lowest BCUT2D eigenvalue weighted by molar-refractivity contribution is 0.627. The molecule has 0 radical (unpaired) electrons. The molecule has 0 saturated carbocycles. The highest BCUT2D eigenvalue weighted by Crippen LogP contribution is 2.28. The van der Waals surface area contributed by atoms with Crippen LogP contribution in [0.5, 0.6) is 0 Å². The molecule has 10 heteroatoms. The first-order valence-corrected chi connectivity index (χ1v) is 10.3. The van der Waals surface area contributed by atoms with Gasteiger partial charge in [-0.3, -0.25) is 9.20 Å². The second-order valence-electron chi connectivity index (χ2n) is 5.28. The lowest BCUT2D eigenvalue weighted by Crippen LogP contribution is -2.12. The zero-order valence-corrected chi connectivity index (χ0v) is 15.7. The van der Waals surface area contributed by atoms with Gasteiger partial charge in [0.2, 0.25) is 5.13 Å². The first kappa shape index (κ1) is 17.1. The quantitative estimate of drug-likeness (QED) is 0.494. The highest BCUT2D eigenvalue weighted by atomic mass is 32.2. The van der Waals surface area contributed by atoms with Crippen LogP contribution in [0.2, 0.25) is 0 Å². The predicted octanol–water partition coefficient (Wildman–Crippen LogP) is 3.65. The van der Waals surface area contributed by atoms with Crippen molar-refractivity contribution in [3.63, 3.8) is 0 Å². The van der Waals surface area contributed by atoms with Gasteiger partial charge < -0.3 is 5.32 Å². The van der Waals surface area contributed by atoms with E-state index >= 15 is 0 Å². The molecule has 0 bridgehead atoms. The summed E-state index contributed by atoms with van der Waals surface area (Å²) in [5, 5.41) is 13.9. The molecule has 0 aliphatic rings. The SMILES string of the molecule is O=c1cc(CSc2nnc(NCc3ccc(F)cc3)s2)nc2sccn12. The largest absolute Gasteiger partial charge is 0.356 e. The van der Waals surface area contributed by atoms with E-state index in [4.69, 9.17) is 0 Å². The smallest absolute Gasteiger partial charge is 0.258 e. The number of thiazole rings is 1. The predicted molar refractivity (Wildman–Crippen MR) is 103 cm³/mol. The number of hydrogen-bond acceptors (Lipinski definition) is 8. The normalized spacial score (nSPS) is 11.1. The van der Waals surface area contributed by atoms with Crippen molar-refractivity contribution in [3.8, 4) is 0 Å². The van der Waals surface area contributed by atoms with Gasteiger partial charge in [-0.15, -0.1) is 21.5 Å². The number of aromatic nitrogens is 4. The van der Waals surface area contributed by atoms with Gasteiger partial charge in [-0.05, 0) is 17.7 Å². The van der Waals surface area contributed by atoms with Gasteiger partial charge in [0.1, 0.15) is 5.82 Å². The fourth-order valence-electron chi connectivity index (χ4n) is 2.22. The third-order valence-electron chi connectivity index (χ3n) is 3.46. The van der Waals surface area contributed by atoms with E-state index in [-0.39, 0.29) is 11.4 Å². The second-order valence-corrected chi connectivity index (χ2v) is 8.36. The molecule has 6 nitrogen and oxygen atoms in total. The van der Waals surface area contributed by atoms with Crippen molar-refractivity contribution in [2.45, 2.75) is 16.6 Å². The summed E-state index contributed by atoms with van der Waals surface area (Å²) in [5.74, 6) is 0.299. The molecule has 132 valence electrons. The zero-order valence-electron chi connectivity index (χ0n) is 13.3. The zero-order chi connectivity index (χ0) is 17.9. The molecule has 1 N–H and O–H groups in total. The Morgan fingerprint density at radius 1 is 1.23 bits per heavy atom. The molecule has 0 amide bonds. The Kier molecular flexibility index (Phi) is 4.96. The molecule has 4 aromatic rings. The van der Waals surface area contributed by atoms with E-state index in [0.29, 0.717) is 22.4 Å². The van der Waals surface area contributed by atoms with Crippen LogP contribution in [0.1, 0.15) is 11.3 Å².